The molecule has 1 aliphatic carbocycles. The number of aromatic nitrogens is 1. The van der Waals surface area contributed by atoms with Crippen molar-refractivity contribution in [1.82, 2.24) is 4.98 Å². The summed E-state index contributed by atoms with van der Waals surface area (Å²) >= 11 is 1.43. The molecular weight excluding hydrogens is 348 g/mol. The number of methoxy groups -OCH3 is 2. The van der Waals surface area contributed by atoms with Crippen LogP contribution in [0.5, 0.6) is 11.5 Å². The van der Waals surface area contributed by atoms with E-state index < -0.39 is 0 Å². The molecule has 0 spiro atoms. The highest BCUT2D eigenvalue weighted by Crippen LogP contribution is 2.35. The first-order valence-corrected chi connectivity index (χ1v) is 10.1. The van der Waals surface area contributed by atoms with Crippen LogP contribution in [0.4, 0.5) is 5.13 Å². The molecule has 2 aromatic rings. The molecule has 1 aliphatic rings. The van der Waals surface area contributed by atoms with E-state index >= 15 is 0 Å². The lowest BCUT2D eigenvalue weighted by Gasteiger charge is -2.20. The maximum absolute atomic E-state index is 12.2. The van der Waals surface area contributed by atoms with E-state index in [0.717, 1.165) is 29.2 Å². The molecule has 0 bridgehead atoms. The van der Waals surface area contributed by atoms with E-state index in [1.807, 2.05) is 23.6 Å². The van der Waals surface area contributed by atoms with E-state index in [2.05, 4.69) is 10.3 Å². The van der Waals surface area contributed by atoms with Gasteiger partial charge in [-0.05, 0) is 30.5 Å². The minimum Gasteiger partial charge on any atom is -0.497 e. The minimum absolute atomic E-state index is 0.0501. The Labute approximate surface area is 158 Å². The Morgan fingerprint density at radius 3 is 2.77 bits per heavy atom. The normalized spacial score (nSPS) is 14.8. The smallest absolute Gasteiger partial charge is 0.226 e. The first-order chi connectivity index (χ1) is 12.7. The fourth-order valence-electron chi connectivity index (χ4n) is 3.46. The zero-order valence-electron chi connectivity index (χ0n) is 15.4. The lowest BCUT2D eigenvalue weighted by molar-refractivity contribution is -0.116. The quantitative estimate of drug-likeness (QED) is 0.730. The number of benzene rings is 1. The van der Waals surface area contributed by atoms with Gasteiger partial charge in [-0.3, -0.25) is 4.79 Å². The van der Waals surface area contributed by atoms with Crippen LogP contribution in [0.25, 0.3) is 11.3 Å². The summed E-state index contributed by atoms with van der Waals surface area (Å²) in [6.45, 7) is 0. The molecule has 6 heteroatoms. The molecule has 0 atom stereocenters. The number of ether oxygens (including phenoxy) is 2. The van der Waals surface area contributed by atoms with Crippen LogP contribution in [-0.4, -0.2) is 25.1 Å². The number of carbonyl (C=O) groups is 1. The largest absolute Gasteiger partial charge is 0.497 e. The molecule has 1 amide bonds. The van der Waals surface area contributed by atoms with Crippen LogP contribution in [0, 0.1) is 5.92 Å². The predicted molar refractivity (Wildman–Crippen MR) is 105 cm³/mol. The maximum Gasteiger partial charge on any atom is 0.226 e. The summed E-state index contributed by atoms with van der Waals surface area (Å²) in [6, 6.07) is 5.60. The molecule has 1 N–H and O–H groups in total. The first kappa shape index (κ1) is 18.7. The van der Waals surface area contributed by atoms with E-state index in [9.17, 15) is 4.79 Å². The molecule has 1 fully saturated rings. The van der Waals surface area contributed by atoms with Crippen LogP contribution in [0.3, 0.4) is 0 Å². The Hall–Kier alpha value is -2.08. The van der Waals surface area contributed by atoms with Gasteiger partial charge in [0.25, 0.3) is 0 Å². The van der Waals surface area contributed by atoms with Crippen molar-refractivity contribution in [2.24, 2.45) is 5.92 Å². The summed E-state index contributed by atoms with van der Waals surface area (Å²) in [5, 5.41) is 5.48. The van der Waals surface area contributed by atoms with E-state index in [0.29, 0.717) is 17.5 Å². The molecule has 0 unspecified atom stereocenters. The Morgan fingerprint density at radius 2 is 2.04 bits per heavy atom. The van der Waals surface area contributed by atoms with E-state index in [4.69, 9.17) is 9.47 Å². The lowest BCUT2D eigenvalue weighted by atomic mass is 9.86. The van der Waals surface area contributed by atoms with Gasteiger partial charge in [0.15, 0.2) is 5.13 Å². The Kier molecular flexibility index (Phi) is 6.50. The zero-order chi connectivity index (χ0) is 18.4. The number of thiazole rings is 1. The highest BCUT2D eigenvalue weighted by atomic mass is 32.1. The molecular formula is C20H26N2O3S. The Morgan fingerprint density at radius 1 is 1.23 bits per heavy atom. The number of hydrogen-bond acceptors (Lipinski definition) is 5. The predicted octanol–water partition coefficient (Wildman–Crippen LogP) is 5.13. The number of nitrogens with one attached hydrogen (secondary N) is 1. The third kappa shape index (κ3) is 4.75. The fraction of sp³-hybridized carbons (Fsp3) is 0.500. The Bertz CT molecular complexity index is 738. The summed E-state index contributed by atoms with van der Waals surface area (Å²) in [5.41, 5.74) is 1.62. The van der Waals surface area contributed by atoms with Gasteiger partial charge in [0.2, 0.25) is 5.91 Å². The highest BCUT2D eigenvalue weighted by molar-refractivity contribution is 7.14. The summed E-state index contributed by atoms with van der Waals surface area (Å²) in [6.07, 6.45) is 8.05. The Balaban J connectivity index is 1.61. The van der Waals surface area contributed by atoms with Crippen molar-refractivity contribution in [1.29, 1.82) is 0 Å². The van der Waals surface area contributed by atoms with Gasteiger partial charge in [0, 0.05) is 17.4 Å². The van der Waals surface area contributed by atoms with Crippen LogP contribution in [0.1, 0.15) is 44.9 Å². The highest BCUT2D eigenvalue weighted by Gasteiger charge is 2.16. The van der Waals surface area contributed by atoms with Crippen LogP contribution >= 0.6 is 11.3 Å². The molecule has 0 radical (unpaired) electrons. The molecule has 3 rings (SSSR count). The van der Waals surface area contributed by atoms with Crippen molar-refractivity contribution in [3.63, 3.8) is 0 Å². The number of amides is 1. The number of carbonyl (C=O) groups excluding carboxylic acids is 1. The van der Waals surface area contributed by atoms with Gasteiger partial charge in [0.1, 0.15) is 11.5 Å². The van der Waals surface area contributed by atoms with Gasteiger partial charge in [-0.1, -0.05) is 32.1 Å². The molecule has 1 aromatic heterocycles. The van der Waals surface area contributed by atoms with Crippen molar-refractivity contribution < 1.29 is 14.3 Å². The van der Waals surface area contributed by atoms with Gasteiger partial charge >= 0.3 is 0 Å². The number of rotatable bonds is 7. The van der Waals surface area contributed by atoms with E-state index in [-0.39, 0.29) is 5.91 Å². The SMILES string of the molecule is COc1ccc(OC)c(-c2csc(NC(=O)CCC3CCCCC3)n2)c1. The van der Waals surface area contributed by atoms with Gasteiger partial charge in [0.05, 0.1) is 19.9 Å². The van der Waals surface area contributed by atoms with Crippen molar-refractivity contribution in [3.05, 3.63) is 23.6 Å². The van der Waals surface area contributed by atoms with Gasteiger partial charge < -0.3 is 14.8 Å². The van der Waals surface area contributed by atoms with E-state index in [1.165, 1.54) is 43.4 Å². The second-order valence-electron chi connectivity index (χ2n) is 6.69. The second-order valence-corrected chi connectivity index (χ2v) is 7.55. The molecule has 0 aliphatic heterocycles. The molecule has 5 nitrogen and oxygen atoms in total. The van der Waals surface area contributed by atoms with Gasteiger partial charge in [-0.2, -0.15) is 0 Å². The van der Waals surface area contributed by atoms with Crippen LogP contribution in [0.2, 0.25) is 0 Å². The standard InChI is InChI=1S/C20H26N2O3S/c1-24-15-9-10-18(25-2)16(12-15)17-13-26-20(21-17)22-19(23)11-8-14-6-4-3-5-7-14/h9-10,12-14H,3-8,11H2,1-2H3,(H,21,22,23). The molecule has 1 heterocycles. The second kappa shape index (κ2) is 9.03. The topological polar surface area (TPSA) is 60.5 Å². The molecule has 0 saturated heterocycles. The summed E-state index contributed by atoms with van der Waals surface area (Å²) < 4.78 is 10.7. The minimum atomic E-state index is 0.0501. The monoisotopic (exact) mass is 374 g/mol. The molecule has 1 saturated carbocycles. The summed E-state index contributed by atoms with van der Waals surface area (Å²) in [4.78, 5) is 16.8. The molecule has 26 heavy (non-hydrogen) atoms. The van der Waals surface area contributed by atoms with Crippen molar-refractivity contribution in [2.75, 3.05) is 19.5 Å². The fourth-order valence-corrected chi connectivity index (χ4v) is 4.19. The summed E-state index contributed by atoms with van der Waals surface area (Å²) in [5.74, 6) is 2.23. The van der Waals surface area contributed by atoms with Gasteiger partial charge in [-0.15, -0.1) is 11.3 Å². The number of hydrogen-bond donors (Lipinski definition) is 1. The van der Waals surface area contributed by atoms with Gasteiger partial charge in [-0.25, -0.2) is 4.98 Å². The number of nitrogens with zero attached hydrogens (tertiary/aromatic N) is 1. The average molecular weight is 375 g/mol. The third-order valence-corrected chi connectivity index (χ3v) is 5.70. The maximum atomic E-state index is 12.2. The number of anilines is 1. The third-order valence-electron chi connectivity index (χ3n) is 4.94. The zero-order valence-corrected chi connectivity index (χ0v) is 16.2. The van der Waals surface area contributed by atoms with Crippen molar-refractivity contribution in [2.45, 2.75) is 44.9 Å². The van der Waals surface area contributed by atoms with Crippen LogP contribution in [0.15, 0.2) is 23.6 Å². The molecule has 140 valence electrons. The summed E-state index contributed by atoms with van der Waals surface area (Å²) in [7, 11) is 3.26. The van der Waals surface area contributed by atoms with Crippen LogP contribution in [-0.2, 0) is 4.79 Å². The van der Waals surface area contributed by atoms with Crippen LogP contribution < -0.4 is 14.8 Å². The average Bonchev–Trinajstić information content (AvgIpc) is 3.15. The lowest BCUT2D eigenvalue weighted by Crippen LogP contribution is -2.14. The van der Waals surface area contributed by atoms with Crippen molar-refractivity contribution in [3.8, 4) is 22.8 Å². The molecule has 1 aromatic carbocycles. The van der Waals surface area contributed by atoms with E-state index in [1.54, 1.807) is 14.2 Å². The van der Waals surface area contributed by atoms with Crippen molar-refractivity contribution >= 4 is 22.4 Å². The first-order valence-electron chi connectivity index (χ1n) is 9.17.